The van der Waals surface area contributed by atoms with Crippen LogP contribution in [0.15, 0.2) is 54.7 Å². The molecule has 0 aliphatic carbocycles. The van der Waals surface area contributed by atoms with Crippen LogP contribution in [0.25, 0.3) is 11.0 Å². The van der Waals surface area contributed by atoms with Crippen LogP contribution in [0.1, 0.15) is 10.5 Å². The molecule has 2 aromatic carbocycles. The average Bonchev–Trinajstić information content (AvgIpc) is 2.86. The zero-order chi connectivity index (χ0) is 23.4. The van der Waals surface area contributed by atoms with Gasteiger partial charge < -0.3 is 20.2 Å². The Labute approximate surface area is 188 Å². The zero-order valence-corrected chi connectivity index (χ0v) is 17.6. The minimum absolute atomic E-state index is 0.0187. The number of piperazine rings is 1. The van der Waals surface area contributed by atoms with Crippen molar-refractivity contribution >= 4 is 34.2 Å². The molecule has 2 amide bonds. The summed E-state index contributed by atoms with van der Waals surface area (Å²) in [6.45, 7) is 1.27. The second kappa shape index (κ2) is 9.57. The van der Waals surface area contributed by atoms with E-state index in [1.54, 1.807) is 35.2 Å². The molecule has 0 bridgehead atoms. The molecule has 0 spiro atoms. The monoisotopic (exact) mass is 450 g/mol. The van der Waals surface area contributed by atoms with Crippen LogP contribution >= 0.6 is 0 Å². The highest BCUT2D eigenvalue weighted by Gasteiger charge is 2.29. The van der Waals surface area contributed by atoms with Gasteiger partial charge in [-0.1, -0.05) is 12.1 Å². The summed E-state index contributed by atoms with van der Waals surface area (Å²) in [6.07, 6.45) is 1.33. The lowest BCUT2D eigenvalue weighted by atomic mass is 10.2. The minimum Gasteiger partial charge on any atom is -0.394 e. The average molecular weight is 450 g/mol. The number of aliphatic hydroxyl groups excluding tert-OH is 1. The van der Waals surface area contributed by atoms with Crippen molar-refractivity contribution in [2.24, 2.45) is 0 Å². The normalized spacial score (nSPS) is 14.7. The second-order valence-electron chi connectivity index (χ2n) is 7.54. The molecule has 1 aliphatic rings. The van der Waals surface area contributed by atoms with Crippen molar-refractivity contribution in [1.29, 1.82) is 0 Å². The van der Waals surface area contributed by atoms with Gasteiger partial charge >= 0.3 is 0 Å². The molecule has 2 N–H and O–H groups in total. The molecule has 33 heavy (non-hydrogen) atoms. The summed E-state index contributed by atoms with van der Waals surface area (Å²) in [5, 5.41) is 23.1. The highest BCUT2D eigenvalue weighted by atomic mass is 16.6. The first-order valence-electron chi connectivity index (χ1n) is 10.4. The Morgan fingerprint density at radius 2 is 1.73 bits per heavy atom. The van der Waals surface area contributed by atoms with Crippen molar-refractivity contribution in [1.82, 2.24) is 20.2 Å². The number of para-hydroxylation sites is 2. The molecule has 1 saturated heterocycles. The largest absolute Gasteiger partial charge is 0.394 e. The minimum atomic E-state index is -1.10. The summed E-state index contributed by atoms with van der Waals surface area (Å²) in [6, 6.07) is 12.3. The summed E-state index contributed by atoms with van der Waals surface area (Å²) in [5.74, 6) is -0.979. The highest BCUT2D eigenvalue weighted by Crippen LogP contribution is 2.21. The third-order valence-electron chi connectivity index (χ3n) is 5.48. The van der Waals surface area contributed by atoms with Crippen LogP contribution < -0.4 is 10.2 Å². The lowest BCUT2D eigenvalue weighted by Gasteiger charge is -2.37. The molecule has 0 radical (unpaired) electrons. The number of nitro groups is 1. The van der Waals surface area contributed by atoms with Crippen LogP contribution in [0.5, 0.6) is 0 Å². The Balaban J connectivity index is 1.36. The van der Waals surface area contributed by atoms with Crippen LogP contribution in [-0.2, 0) is 4.79 Å². The number of nitro benzene ring substituents is 1. The topological polar surface area (TPSA) is 142 Å². The number of benzene rings is 2. The predicted molar refractivity (Wildman–Crippen MR) is 120 cm³/mol. The van der Waals surface area contributed by atoms with Gasteiger partial charge in [-0.15, -0.1) is 0 Å². The van der Waals surface area contributed by atoms with E-state index in [-0.39, 0.29) is 17.3 Å². The number of fused-ring (bicyclic) bond motifs is 1. The standard InChI is InChI=1S/C22H22N6O5/c29-14-20(25-21(30)19-13-23-17-3-1-2-4-18(17)24-19)22(31)27-11-9-26(10-12-27)15-5-7-16(8-6-15)28(32)33/h1-8,13,20,29H,9-12,14H2,(H,25,30). The van der Waals surface area contributed by atoms with E-state index in [1.807, 2.05) is 11.0 Å². The lowest BCUT2D eigenvalue weighted by Crippen LogP contribution is -2.56. The van der Waals surface area contributed by atoms with Gasteiger partial charge in [0.1, 0.15) is 11.7 Å². The number of hydrogen-bond acceptors (Lipinski definition) is 8. The number of carbonyl (C=O) groups excluding carboxylic acids is 2. The molecule has 1 atom stereocenters. The molecule has 11 heteroatoms. The Morgan fingerprint density at radius 1 is 1.06 bits per heavy atom. The fraction of sp³-hybridized carbons (Fsp3) is 0.273. The Kier molecular flexibility index (Phi) is 6.41. The predicted octanol–water partition coefficient (Wildman–Crippen LogP) is 0.978. The van der Waals surface area contributed by atoms with E-state index in [2.05, 4.69) is 15.3 Å². The fourth-order valence-corrected chi connectivity index (χ4v) is 3.67. The van der Waals surface area contributed by atoms with Gasteiger partial charge in [-0.25, -0.2) is 4.98 Å². The van der Waals surface area contributed by atoms with E-state index < -0.39 is 23.5 Å². The van der Waals surface area contributed by atoms with E-state index in [1.165, 1.54) is 18.3 Å². The van der Waals surface area contributed by atoms with Gasteiger partial charge in [0.25, 0.3) is 11.6 Å². The summed E-state index contributed by atoms with van der Waals surface area (Å²) in [7, 11) is 0. The van der Waals surface area contributed by atoms with Crippen molar-refractivity contribution in [2.75, 3.05) is 37.7 Å². The van der Waals surface area contributed by atoms with Crippen LogP contribution in [0.3, 0.4) is 0 Å². The van der Waals surface area contributed by atoms with Gasteiger partial charge in [0.2, 0.25) is 5.91 Å². The van der Waals surface area contributed by atoms with Gasteiger partial charge in [0.15, 0.2) is 0 Å². The first-order chi connectivity index (χ1) is 16.0. The van der Waals surface area contributed by atoms with Crippen LogP contribution in [0.2, 0.25) is 0 Å². The summed E-state index contributed by atoms with van der Waals surface area (Å²) < 4.78 is 0. The number of aliphatic hydroxyl groups is 1. The van der Waals surface area contributed by atoms with Gasteiger partial charge in [-0.05, 0) is 24.3 Å². The van der Waals surface area contributed by atoms with Crippen LogP contribution in [0.4, 0.5) is 11.4 Å². The maximum absolute atomic E-state index is 12.9. The molecule has 1 aromatic heterocycles. The molecule has 1 aliphatic heterocycles. The molecular weight excluding hydrogens is 428 g/mol. The maximum atomic E-state index is 12.9. The number of nitrogens with zero attached hydrogens (tertiary/aromatic N) is 5. The summed E-state index contributed by atoms with van der Waals surface area (Å²) in [4.78, 5) is 47.9. The number of carbonyl (C=O) groups is 2. The van der Waals surface area contributed by atoms with E-state index in [0.29, 0.717) is 37.2 Å². The first kappa shape index (κ1) is 22.1. The van der Waals surface area contributed by atoms with Gasteiger partial charge in [0.05, 0.1) is 28.8 Å². The first-order valence-corrected chi connectivity index (χ1v) is 10.4. The van der Waals surface area contributed by atoms with E-state index >= 15 is 0 Å². The Morgan fingerprint density at radius 3 is 2.36 bits per heavy atom. The Bertz CT molecular complexity index is 1180. The molecular formula is C22H22N6O5. The number of anilines is 1. The smallest absolute Gasteiger partial charge is 0.272 e. The molecule has 170 valence electrons. The van der Waals surface area contributed by atoms with Gasteiger partial charge in [0, 0.05) is 44.0 Å². The number of amides is 2. The third-order valence-corrected chi connectivity index (χ3v) is 5.48. The Hall–Kier alpha value is -4.12. The molecule has 11 nitrogen and oxygen atoms in total. The van der Waals surface area contributed by atoms with Crippen molar-refractivity contribution in [2.45, 2.75) is 6.04 Å². The number of non-ortho nitro benzene ring substituents is 1. The highest BCUT2D eigenvalue weighted by molar-refractivity contribution is 5.97. The van der Waals surface area contributed by atoms with Crippen LogP contribution in [-0.4, -0.2) is 75.5 Å². The number of hydrogen-bond donors (Lipinski definition) is 2. The van der Waals surface area contributed by atoms with E-state index in [4.69, 9.17) is 0 Å². The van der Waals surface area contributed by atoms with Gasteiger partial charge in [-0.2, -0.15) is 0 Å². The van der Waals surface area contributed by atoms with E-state index in [0.717, 1.165) is 5.69 Å². The van der Waals surface area contributed by atoms with Crippen molar-refractivity contribution in [3.05, 3.63) is 70.5 Å². The van der Waals surface area contributed by atoms with E-state index in [9.17, 15) is 24.8 Å². The third kappa shape index (κ3) is 4.88. The number of aromatic nitrogens is 2. The SMILES string of the molecule is O=C(NC(CO)C(=O)N1CCN(c2ccc([N+](=O)[O-])cc2)CC1)c1cnc2ccccc2n1. The molecule has 1 unspecified atom stereocenters. The van der Waals surface area contributed by atoms with Crippen molar-refractivity contribution < 1.29 is 19.6 Å². The van der Waals surface area contributed by atoms with Crippen molar-refractivity contribution in [3.63, 3.8) is 0 Å². The van der Waals surface area contributed by atoms with Crippen LogP contribution in [0, 0.1) is 10.1 Å². The number of rotatable bonds is 6. The zero-order valence-electron chi connectivity index (χ0n) is 17.6. The maximum Gasteiger partial charge on any atom is 0.272 e. The molecule has 0 saturated carbocycles. The quantitative estimate of drug-likeness (QED) is 0.418. The fourth-order valence-electron chi connectivity index (χ4n) is 3.67. The lowest BCUT2D eigenvalue weighted by molar-refractivity contribution is -0.384. The molecule has 2 heterocycles. The van der Waals surface area contributed by atoms with Crippen molar-refractivity contribution in [3.8, 4) is 0 Å². The summed E-state index contributed by atoms with van der Waals surface area (Å²) >= 11 is 0. The molecule has 4 rings (SSSR count). The molecule has 3 aromatic rings. The number of nitrogens with one attached hydrogen (secondary N) is 1. The second-order valence-corrected chi connectivity index (χ2v) is 7.54. The van der Waals surface area contributed by atoms with Gasteiger partial charge in [-0.3, -0.25) is 24.7 Å². The molecule has 1 fully saturated rings. The summed E-state index contributed by atoms with van der Waals surface area (Å²) in [5.41, 5.74) is 2.11.